The number of methoxy groups -OCH3 is 1. The molecule has 6 heteroatoms. The molecular formula is C21H27NO4S. The number of aryl methyl sites for hydroxylation is 1. The molecule has 2 unspecified atom stereocenters. The van der Waals surface area contributed by atoms with Crippen molar-refractivity contribution in [2.24, 2.45) is 17.3 Å². The molecule has 0 aliphatic heterocycles. The number of carbonyl (C=O) groups excluding carboxylic acids is 2. The number of hydrogen-bond donors (Lipinski definition) is 2. The van der Waals surface area contributed by atoms with Gasteiger partial charge in [0.25, 0.3) is 0 Å². The molecule has 27 heavy (non-hydrogen) atoms. The van der Waals surface area contributed by atoms with Crippen LogP contribution in [-0.2, 0) is 22.4 Å². The summed E-state index contributed by atoms with van der Waals surface area (Å²) in [4.78, 5) is 27.1. The van der Waals surface area contributed by atoms with Crippen LogP contribution in [0.15, 0.2) is 0 Å². The average Bonchev–Trinajstić information content (AvgIpc) is 2.96. The van der Waals surface area contributed by atoms with E-state index >= 15 is 0 Å². The number of hydrogen-bond acceptors (Lipinski definition) is 5. The molecule has 0 spiro atoms. The second-order valence-electron chi connectivity index (χ2n) is 9.33. The number of aliphatic hydroxyl groups is 1. The fourth-order valence-corrected chi connectivity index (χ4v) is 7.96. The molecule has 2 N–H and O–H groups in total. The first-order valence-corrected chi connectivity index (χ1v) is 11.0. The summed E-state index contributed by atoms with van der Waals surface area (Å²) < 4.78 is 5.02. The molecule has 5 nitrogen and oxygen atoms in total. The lowest BCUT2D eigenvalue weighted by atomic mass is 9.47. The molecule has 4 fully saturated rings. The van der Waals surface area contributed by atoms with Gasteiger partial charge in [0.1, 0.15) is 5.00 Å². The van der Waals surface area contributed by atoms with E-state index in [0.717, 1.165) is 63.4 Å². The first-order chi connectivity index (χ1) is 12.9. The van der Waals surface area contributed by atoms with Gasteiger partial charge < -0.3 is 15.2 Å². The van der Waals surface area contributed by atoms with Crippen molar-refractivity contribution < 1.29 is 19.4 Å². The van der Waals surface area contributed by atoms with Crippen LogP contribution in [0.5, 0.6) is 0 Å². The third-order valence-corrected chi connectivity index (χ3v) is 8.51. The normalized spacial score (nSPS) is 36.4. The zero-order valence-electron chi connectivity index (χ0n) is 15.8. The van der Waals surface area contributed by atoms with Gasteiger partial charge in [-0.1, -0.05) is 0 Å². The molecule has 5 aliphatic rings. The Morgan fingerprint density at radius 1 is 1.15 bits per heavy atom. The monoisotopic (exact) mass is 388 g/mol. The lowest BCUT2D eigenvalue weighted by Gasteiger charge is -2.59. The van der Waals surface area contributed by atoms with Crippen LogP contribution in [0.3, 0.4) is 0 Å². The highest BCUT2D eigenvalue weighted by Crippen LogP contribution is 2.62. The highest BCUT2D eigenvalue weighted by Gasteiger charge is 2.60. The molecule has 4 saturated carbocycles. The summed E-state index contributed by atoms with van der Waals surface area (Å²) in [5.41, 5.74) is 0.490. The van der Waals surface area contributed by atoms with Crippen molar-refractivity contribution in [3.63, 3.8) is 0 Å². The SMILES string of the molecule is [11CH3]OC(=O)c1c(NC(=O)C23CC4CC(CC(O)(C4)C2)C3)sc2c1CCCC2. The standard InChI is InChI=1S/C21H27NO4S/c1-26-18(23)16-14-4-2-3-5-15(14)27-17(16)22-19(24)20-7-12-6-13(8-20)10-21(25,9-12)11-20/h12-13,25H,2-11H2,1H3,(H,22,24)/i1-1. The smallest absolute Gasteiger partial charge is 0.341 e. The Morgan fingerprint density at radius 2 is 1.85 bits per heavy atom. The Morgan fingerprint density at radius 3 is 2.52 bits per heavy atom. The Bertz CT molecular complexity index is 799. The minimum atomic E-state index is -0.665. The number of thiophene rings is 1. The van der Waals surface area contributed by atoms with Crippen LogP contribution in [0.25, 0.3) is 0 Å². The molecule has 5 aliphatic carbocycles. The van der Waals surface area contributed by atoms with E-state index in [2.05, 4.69) is 5.32 Å². The van der Waals surface area contributed by atoms with E-state index in [4.69, 9.17) is 4.74 Å². The summed E-state index contributed by atoms with van der Waals surface area (Å²) in [5, 5.41) is 14.7. The fraction of sp³-hybridized carbons (Fsp3) is 0.714. The highest BCUT2D eigenvalue weighted by atomic mass is 32.1. The van der Waals surface area contributed by atoms with Gasteiger partial charge in [-0.3, -0.25) is 4.79 Å². The van der Waals surface area contributed by atoms with Gasteiger partial charge in [0, 0.05) is 4.88 Å². The molecule has 1 amide bonds. The third-order valence-electron chi connectivity index (χ3n) is 7.30. The number of ether oxygens (including phenoxy) is 1. The van der Waals surface area contributed by atoms with Gasteiger partial charge in [-0.25, -0.2) is 4.79 Å². The van der Waals surface area contributed by atoms with Crippen molar-refractivity contribution in [1.29, 1.82) is 0 Å². The van der Waals surface area contributed by atoms with Crippen LogP contribution >= 0.6 is 11.3 Å². The molecule has 1 aromatic heterocycles. The van der Waals surface area contributed by atoms with E-state index in [1.165, 1.54) is 12.0 Å². The zero-order valence-corrected chi connectivity index (χ0v) is 16.6. The molecule has 146 valence electrons. The fourth-order valence-electron chi connectivity index (χ4n) is 6.69. The van der Waals surface area contributed by atoms with Crippen LogP contribution < -0.4 is 5.32 Å². The van der Waals surface area contributed by atoms with Crippen molar-refractivity contribution in [3.8, 4) is 0 Å². The van der Waals surface area contributed by atoms with Crippen molar-refractivity contribution in [2.75, 3.05) is 12.4 Å². The van der Waals surface area contributed by atoms with Crippen molar-refractivity contribution >= 4 is 28.2 Å². The molecule has 4 bridgehead atoms. The van der Waals surface area contributed by atoms with Crippen LogP contribution in [0.2, 0.25) is 0 Å². The molecule has 2 atom stereocenters. The predicted octanol–water partition coefficient (Wildman–Crippen LogP) is 3.68. The minimum Gasteiger partial charge on any atom is -0.465 e. The van der Waals surface area contributed by atoms with E-state index in [-0.39, 0.29) is 11.9 Å². The summed E-state index contributed by atoms with van der Waals surface area (Å²) in [6.07, 6.45) is 9.19. The minimum absolute atomic E-state index is 0.00113. The molecule has 6 rings (SSSR count). The Kier molecular flexibility index (Phi) is 3.96. The number of anilines is 1. The maximum absolute atomic E-state index is 13.4. The Labute approximate surface area is 163 Å². The van der Waals surface area contributed by atoms with Gasteiger partial charge in [-0.05, 0) is 81.6 Å². The summed E-state index contributed by atoms with van der Waals surface area (Å²) in [6.45, 7) is 0. The third kappa shape index (κ3) is 2.75. The van der Waals surface area contributed by atoms with Crippen molar-refractivity contribution in [3.05, 3.63) is 16.0 Å². The first kappa shape index (κ1) is 17.7. The predicted molar refractivity (Wildman–Crippen MR) is 103 cm³/mol. The van der Waals surface area contributed by atoms with E-state index in [1.54, 1.807) is 11.3 Å². The second kappa shape index (κ2) is 6.05. The van der Waals surface area contributed by atoms with Gasteiger partial charge >= 0.3 is 5.97 Å². The lowest BCUT2D eigenvalue weighted by molar-refractivity contribution is -0.174. The summed E-state index contributed by atoms with van der Waals surface area (Å²) >= 11 is 1.54. The molecule has 1 aromatic rings. The lowest BCUT2D eigenvalue weighted by Crippen LogP contribution is -2.59. The maximum atomic E-state index is 13.4. The van der Waals surface area contributed by atoms with Crippen molar-refractivity contribution in [2.45, 2.75) is 69.8 Å². The molecule has 1 heterocycles. The van der Waals surface area contributed by atoms with Crippen molar-refractivity contribution in [1.82, 2.24) is 0 Å². The van der Waals surface area contributed by atoms with Gasteiger partial charge in [-0.15, -0.1) is 11.3 Å². The van der Waals surface area contributed by atoms with E-state index in [0.29, 0.717) is 28.8 Å². The number of amides is 1. The number of carbonyl (C=O) groups is 2. The number of nitrogens with one attached hydrogen (secondary N) is 1. The van der Waals surface area contributed by atoms with Crippen LogP contribution in [0.1, 0.15) is 72.2 Å². The maximum Gasteiger partial charge on any atom is 0.341 e. The molecule has 0 saturated heterocycles. The number of fused-ring (bicyclic) bond motifs is 1. The van der Waals surface area contributed by atoms with Gasteiger partial charge in [0.15, 0.2) is 0 Å². The molecule has 0 aromatic carbocycles. The van der Waals surface area contributed by atoms with Gasteiger partial charge in [0.05, 0.1) is 23.7 Å². The number of esters is 1. The topological polar surface area (TPSA) is 75.6 Å². The van der Waals surface area contributed by atoms with E-state index < -0.39 is 11.0 Å². The average molecular weight is 389 g/mol. The highest BCUT2D eigenvalue weighted by molar-refractivity contribution is 7.17. The van der Waals surface area contributed by atoms with Crippen LogP contribution in [0, 0.1) is 17.3 Å². The van der Waals surface area contributed by atoms with E-state index in [1.807, 2.05) is 0 Å². The molecular weight excluding hydrogens is 361 g/mol. The molecule has 0 radical (unpaired) electrons. The Hall–Kier alpha value is -1.40. The van der Waals surface area contributed by atoms with Gasteiger partial charge in [-0.2, -0.15) is 0 Å². The number of rotatable bonds is 3. The second-order valence-corrected chi connectivity index (χ2v) is 10.4. The summed E-state index contributed by atoms with van der Waals surface area (Å²) in [7, 11) is 1.40. The quantitative estimate of drug-likeness (QED) is 0.775. The Balaban J connectivity index is 1.46. The largest absolute Gasteiger partial charge is 0.465 e. The summed E-state index contributed by atoms with van der Waals surface area (Å²) in [6, 6.07) is 0. The van der Waals surface area contributed by atoms with Crippen LogP contribution in [-0.4, -0.2) is 29.7 Å². The zero-order chi connectivity index (χ0) is 18.8. The first-order valence-electron chi connectivity index (χ1n) is 10.2. The van der Waals surface area contributed by atoms with Crippen LogP contribution in [0.4, 0.5) is 5.00 Å². The van der Waals surface area contributed by atoms with E-state index in [9.17, 15) is 14.7 Å². The van der Waals surface area contributed by atoms with Gasteiger partial charge in [0.2, 0.25) is 5.91 Å². The summed E-state index contributed by atoms with van der Waals surface area (Å²) in [5.74, 6) is 0.560.